The van der Waals surface area contributed by atoms with Gasteiger partial charge in [0, 0.05) is 23.4 Å². The minimum absolute atomic E-state index is 0.0754. The smallest absolute Gasteiger partial charge is 0.387 e. The molecule has 0 saturated heterocycles. The molecule has 0 saturated carbocycles. The molecule has 136 valence electrons. The fourth-order valence-corrected chi connectivity index (χ4v) is 3.49. The number of halogens is 4. The topological polar surface area (TPSA) is 39.9 Å². The maximum absolute atomic E-state index is 13.1. The highest BCUT2D eigenvalue weighted by atomic mass is 35.5. The van der Waals surface area contributed by atoms with E-state index in [0.29, 0.717) is 27.3 Å². The molecule has 0 amide bonds. The zero-order chi connectivity index (χ0) is 18.7. The molecule has 0 bridgehead atoms. The Labute approximate surface area is 157 Å². The molecule has 0 spiro atoms. The first-order valence-corrected chi connectivity index (χ1v) is 8.82. The highest BCUT2D eigenvalue weighted by Gasteiger charge is 2.13. The van der Waals surface area contributed by atoms with E-state index in [2.05, 4.69) is 14.9 Å². The van der Waals surface area contributed by atoms with E-state index in [9.17, 15) is 13.2 Å². The number of alkyl halides is 2. The maximum atomic E-state index is 13.1. The third-order valence-electron chi connectivity index (χ3n) is 3.54. The Hall–Kier alpha value is -2.19. The summed E-state index contributed by atoms with van der Waals surface area (Å²) in [5.41, 5.74) is 1.50. The van der Waals surface area contributed by atoms with Crippen molar-refractivity contribution in [2.75, 3.05) is 0 Å². The summed E-state index contributed by atoms with van der Waals surface area (Å²) < 4.78 is 43.6. The van der Waals surface area contributed by atoms with Crippen LogP contribution in [0.15, 0.2) is 47.6 Å². The zero-order valence-corrected chi connectivity index (χ0v) is 15.1. The molecule has 4 nitrogen and oxygen atoms in total. The highest BCUT2D eigenvalue weighted by molar-refractivity contribution is 7.98. The van der Waals surface area contributed by atoms with Crippen LogP contribution >= 0.6 is 23.4 Å². The second-order valence-electron chi connectivity index (χ2n) is 5.29. The first kappa shape index (κ1) is 18.6. The lowest BCUT2D eigenvalue weighted by molar-refractivity contribution is -0.0498. The first-order chi connectivity index (χ1) is 12.4. The molecule has 1 aromatic heterocycles. The second kappa shape index (κ2) is 8.01. The SMILES string of the molecule is Cn1c(SCc2ccc(F)cc2Cl)nnc1-c1ccc(OC(F)F)cc1. The van der Waals surface area contributed by atoms with Gasteiger partial charge in [-0.15, -0.1) is 10.2 Å². The third-order valence-corrected chi connectivity index (χ3v) is 4.97. The molecular weight excluding hydrogens is 387 g/mol. The highest BCUT2D eigenvalue weighted by Crippen LogP contribution is 2.29. The van der Waals surface area contributed by atoms with E-state index in [4.69, 9.17) is 11.6 Å². The van der Waals surface area contributed by atoms with Gasteiger partial charge in [0.2, 0.25) is 0 Å². The van der Waals surface area contributed by atoms with Crippen LogP contribution in [0.1, 0.15) is 5.56 Å². The number of thioether (sulfide) groups is 1. The molecule has 0 fully saturated rings. The van der Waals surface area contributed by atoms with E-state index in [1.54, 1.807) is 29.8 Å². The van der Waals surface area contributed by atoms with Gasteiger partial charge in [-0.2, -0.15) is 8.78 Å². The Morgan fingerprint density at radius 3 is 2.54 bits per heavy atom. The number of nitrogens with zero attached hydrogens (tertiary/aromatic N) is 3. The molecule has 3 rings (SSSR count). The van der Waals surface area contributed by atoms with Crippen LogP contribution in [0.3, 0.4) is 0 Å². The van der Waals surface area contributed by atoms with Crippen LogP contribution in [-0.4, -0.2) is 21.4 Å². The van der Waals surface area contributed by atoms with E-state index in [-0.39, 0.29) is 11.6 Å². The van der Waals surface area contributed by atoms with Crippen LogP contribution in [-0.2, 0) is 12.8 Å². The molecule has 0 aliphatic heterocycles. The average Bonchev–Trinajstić information content (AvgIpc) is 2.95. The number of rotatable bonds is 6. The van der Waals surface area contributed by atoms with Gasteiger partial charge in [0.05, 0.1) is 0 Å². The van der Waals surface area contributed by atoms with Crippen molar-refractivity contribution in [1.82, 2.24) is 14.8 Å². The van der Waals surface area contributed by atoms with Crippen molar-refractivity contribution in [1.29, 1.82) is 0 Å². The summed E-state index contributed by atoms with van der Waals surface area (Å²) >= 11 is 7.43. The van der Waals surface area contributed by atoms with Crippen molar-refractivity contribution in [2.24, 2.45) is 7.05 Å². The molecule has 0 atom stereocenters. The van der Waals surface area contributed by atoms with Gasteiger partial charge in [-0.05, 0) is 42.0 Å². The Balaban J connectivity index is 1.73. The van der Waals surface area contributed by atoms with Gasteiger partial charge >= 0.3 is 6.61 Å². The van der Waals surface area contributed by atoms with Crippen LogP contribution in [0.5, 0.6) is 5.75 Å². The predicted octanol–water partition coefficient (Wildman–Crippen LogP) is 5.17. The summed E-state index contributed by atoms with van der Waals surface area (Å²) in [4.78, 5) is 0. The van der Waals surface area contributed by atoms with E-state index >= 15 is 0 Å². The van der Waals surface area contributed by atoms with Gasteiger partial charge in [-0.3, -0.25) is 0 Å². The Morgan fingerprint density at radius 1 is 1.15 bits per heavy atom. The van der Waals surface area contributed by atoms with Gasteiger partial charge in [-0.25, -0.2) is 4.39 Å². The molecule has 0 aliphatic rings. The van der Waals surface area contributed by atoms with Crippen molar-refractivity contribution in [3.63, 3.8) is 0 Å². The Morgan fingerprint density at radius 2 is 1.88 bits per heavy atom. The summed E-state index contributed by atoms with van der Waals surface area (Å²) in [5, 5.41) is 9.27. The minimum Gasteiger partial charge on any atom is -0.435 e. The van der Waals surface area contributed by atoms with E-state index in [1.807, 2.05) is 0 Å². The van der Waals surface area contributed by atoms with Crippen LogP contribution in [0.4, 0.5) is 13.2 Å². The fourth-order valence-electron chi connectivity index (χ4n) is 2.26. The van der Waals surface area contributed by atoms with E-state index < -0.39 is 6.61 Å². The quantitative estimate of drug-likeness (QED) is 0.536. The second-order valence-corrected chi connectivity index (χ2v) is 6.64. The summed E-state index contributed by atoms with van der Waals surface area (Å²) in [5.74, 6) is 0.781. The lowest BCUT2D eigenvalue weighted by atomic mass is 10.2. The van der Waals surface area contributed by atoms with E-state index in [1.165, 1.54) is 36.0 Å². The zero-order valence-electron chi connectivity index (χ0n) is 13.5. The first-order valence-electron chi connectivity index (χ1n) is 7.45. The van der Waals surface area contributed by atoms with Gasteiger partial charge in [0.1, 0.15) is 11.6 Å². The summed E-state index contributed by atoms with van der Waals surface area (Å²) in [6.45, 7) is -2.86. The molecule has 0 radical (unpaired) electrons. The Kier molecular flexibility index (Phi) is 5.73. The van der Waals surface area contributed by atoms with Crippen molar-refractivity contribution < 1.29 is 17.9 Å². The summed E-state index contributed by atoms with van der Waals surface area (Å²) in [7, 11) is 1.80. The normalized spacial score (nSPS) is 11.2. The molecule has 2 aromatic carbocycles. The third kappa shape index (κ3) is 4.31. The average molecular weight is 400 g/mol. The largest absolute Gasteiger partial charge is 0.435 e. The fraction of sp³-hybridized carbons (Fsp3) is 0.176. The molecular formula is C17H13ClF3N3OS. The lowest BCUT2D eigenvalue weighted by Gasteiger charge is -2.07. The van der Waals surface area contributed by atoms with Gasteiger partial charge < -0.3 is 9.30 Å². The molecule has 0 unspecified atom stereocenters. The van der Waals surface area contributed by atoms with Crippen molar-refractivity contribution >= 4 is 23.4 Å². The predicted molar refractivity (Wildman–Crippen MR) is 94.0 cm³/mol. The van der Waals surface area contributed by atoms with Gasteiger partial charge in [-0.1, -0.05) is 29.4 Å². The van der Waals surface area contributed by atoms with Crippen molar-refractivity contribution in [3.8, 4) is 17.1 Å². The molecule has 0 N–H and O–H groups in total. The molecule has 9 heteroatoms. The van der Waals surface area contributed by atoms with Crippen LogP contribution < -0.4 is 4.74 Å². The van der Waals surface area contributed by atoms with Crippen molar-refractivity contribution in [3.05, 3.63) is 58.9 Å². The monoisotopic (exact) mass is 399 g/mol. The van der Waals surface area contributed by atoms with Crippen molar-refractivity contribution in [2.45, 2.75) is 17.5 Å². The molecule has 0 aliphatic carbocycles. The number of hydrogen-bond donors (Lipinski definition) is 0. The van der Waals surface area contributed by atoms with Gasteiger partial charge in [0.15, 0.2) is 11.0 Å². The summed E-state index contributed by atoms with van der Waals surface area (Å²) in [6, 6.07) is 10.4. The summed E-state index contributed by atoms with van der Waals surface area (Å²) in [6.07, 6.45) is 0. The number of aromatic nitrogens is 3. The van der Waals surface area contributed by atoms with Crippen LogP contribution in [0.25, 0.3) is 11.4 Å². The Bertz CT molecular complexity index is 903. The van der Waals surface area contributed by atoms with Crippen LogP contribution in [0, 0.1) is 5.82 Å². The molecule has 26 heavy (non-hydrogen) atoms. The van der Waals surface area contributed by atoms with Crippen LogP contribution in [0.2, 0.25) is 5.02 Å². The molecule has 1 heterocycles. The maximum Gasteiger partial charge on any atom is 0.387 e. The standard InChI is InChI=1S/C17H13ClF3N3OS/c1-24-15(10-3-6-13(7-4-10)25-16(20)21)22-23-17(24)26-9-11-2-5-12(19)8-14(11)18/h2-8,16H,9H2,1H3. The molecule has 3 aromatic rings. The number of hydrogen-bond acceptors (Lipinski definition) is 4. The lowest BCUT2D eigenvalue weighted by Crippen LogP contribution is -2.01. The number of benzene rings is 2. The number of ether oxygens (including phenoxy) is 1. The van der Waals surface area contributed by atoms with Gasteiger partial charge in [0.25, 0.3) is 0 Å². The van der Waals surface area contributed by atoms with E-state index in [0.717, 1.165) is 5.56 Å². The minimum atomic E-state index is -2.86.